The lowest BCUT2D eigenvalue weighted by atomic mass is 10.00. The van der Waals surface area contributed by atoms with Crippen molar-refractivity contribution in [2.45, 2.75) is 26.2 Å². The first-order valence-electron chi connectivity index (χ1n) is 13.3. The lowest BCUT2D eigenvalue weighted by molar-refractivity contribution is -0.385. The van der Waals surface area contributed by atoms with Crippen molar-refractivity contribution in [2.24, 2.45) is 0 Å². The van der Waals surface area contributed by atoms with Crippen molar-refractivity contribution in [1.29, 1.82) is 0 Å². The summed E-state index contributed by atoms with van der Waals surface area (Å²) < 4.78 is 96.1. The minimum atomic E-state index is -4.69. The fourth-order valence-corrected chi connectivity index (χ4v) is 4.98. The largest absolute Gasteiger partial charge is 0.486 e. The molecule has 0 saturated carbocycles. The lowest BCUT2D eigenvalue weighted by Gasteiger charge is -2.18. The molecule has 0 aliphatic rings. The molecule has 0 heterocycles. The van der Waals surface area contributed by atoms with E-state index in [1.807, 2.05) is 0 Å². The van der Waals surface area contributed by atoms with Crippen LogP contribution in [0.25, 0.3) is 22.3 Å². The van der Waals surface area contributed by atoms with Gasteiger partial charge >= 0.3 is 23.7 Å². The van der Waals surface area contributed by atoms with E-state index in [2.05, 4.69) is 0 Å². The van der Waals surface area contributed by atoms with Crippen LogP contribution in [0.3, 0.4) is 0 Å². The number of hydrogen-bond acceptors (Lipinski definition) is 7. The van der Waals surface area contributed by atoms with E-state index in [1.165, 1.54) is 13.8 Å². The molecule has 47 heavy (non-hydrogen) atoms. The van der Waals surface area contributed by atoms with Crippen LogP contribution in [0.2, 0.25) is 10.0 Å². The molecular weight excluding hydrogens is 685 g/mol. The van der Waals surface area contributed by atoms with Crippen LogP contribution in [0.15, 0.2) is 60.7 Å². The van der Waals surface area contributed by atoms with E-state index >= 15 is 0 Å². The molecule has 0 amide bonds. The van der Waals surface area contributed by atoms with Crippen LogP contribution in [0.4, 0.5) is 37.7 Å². The minimum Gasteiger partial charge on any atom is -0.486 e. The van der Waals surface area contributed by atoms with Crippen LogP contribution >= 0.6 is 23.2 Å². The number of benzene rings is 4. The van der Waals surface area contributed by atoms with Crippen molar-refractivity contribution in [3.05, 3.63) is 102 Å². The predicted octanol–water partition coefficient (Wildman–Crippen LogP) is 10.8. The van der Waals surface area contributed by atoms with Gasteiger partial charge in [0.15, 0.2) is 11.5 Å². The van der Waals surface area contributed by atoms with Gasteiger partial charge in [-0.25, -0.2) is 0 Å². The highest BCUT2D eigenvalue weighted by atomic mass is 35.5. The molecule has 4 aromatic rings. The van der Waals surface area contributed by atoms with Gasteiger partial charge in [-0.3, -0.25) is 20.2 Å². The van der Waals surface area contributed by atoms with Gasteiger partial charge in [0.05, 0.1) is 45.3 Å². The third kappa shape index (κ3) is 7.30. The Morgan fingerprint density at radius 3 is 1.21 bits per heavy atom. The third-order valence-electron chi connectivity index (χ3n) is 6.53. The quantitative estimate of drug-likeness (QED) is 0.0916. The van der Waals surface area contributed by atoms with Crippen LogP contribution in [-0.2, 0) is 12.4 Å². The maximum absolute atomic E-state index is 13.2. The van der Waals surface area contributed by atoms with Gasteiger partial charge in [-0.1, -0.05) is 47.5 Å². The van der Waals surface area contributed by atoms with E-state index in [-0.39, 0.29) is 47.0 Å². The van der Waals surface area contributed by atoms with Crippen LogP contribution in [0, 0.1) is 20.2 Å². The van der Waals surface area contributed by atoms with Gasteiger partial charge in [-0.15, -0.1) is 0 Å². The van der Waals surface area contributed by atoms with Gasteiger partial charge in [0.25, 0.3) is 0 Å². The molecule has 0 fully saturated rings. The van der Waals surface area contributed by atoms with E-state index < -0.39 is 66.2 Å². The summed E-state index contributed by atoms with van der Waals surface area (Å²) in [4.78, 5) is 22.7. The van der Waals surface area contributed by atoms with Gasteiger partial charge in [-0.05, 0) is 61.4 Å². The SMILES string of the molecule is CCOc1c(Cl)c(Oc2cc(-c3ccc(C(F)(F)F)cc3)c([N+](=O)[O-])c(OCC)c2Cl)cc(-c2ccc(C(F)(F)F)cc2)c1[N+](=O)[O-]. The summed E-state index contributed by atoms with van der Waals surface area (Å²) in [6.07, 6.45) is -9.38. The Balaban J connectivity index is 1.98. The van der Waals surface area contributed by atoms with Crippen LogP contribution in [0.5, 0.6) is 23.0 Å². The highest BCUT2D eigenvalue weighted by molar-refractivity contribution is 6.35. The van der Waals surface area contributed by atoms with E-state index in [4.69, 9.17) is 37.4 Å². The molecule has 0 unspecified atom stereocenters. The zero-order chi connectivity index (χ0) is 34.8. The van der Waals surface area contributed by atoms with Gasteiger partial charge in [0.1, 0.15) is 10.0 Å². The second-order valence-corrected chi connectivity index (χ2v) is 10.2. The Labute approximate surface area is 271 Å². The molecule has 0 radical (unpaired) electrons. The molecule has 0 atom stereocenters. The Morgan fingerprint density at radius 1 is 0.638 bits per heavy atom. The molecule has 9 nitrogen and oxygen atoms in total. The summed E-state index contributed by atoms with van der Waals surface area (Å²) in [5.41, 5.74) is -4.06. The predicted molar refractivity (Wildman–Crippen MR) is 160 cm³/mol. The van der Waals surface area contributed by atoms with Crippen LogP contribution in [0.1, 0.15) is 25.0 Å². The van der Waals surface area contributed by atoms with Gasteiger partial charge in [0, 0.05) is 0 Å². The topological polar surface area (TPSA) is 114 Å². The average Bonchev–Trinajstić information content (AvgIpc) is 2.99. The molecule has 17 heteroatoms. The van der Waals surface area contributed by atoms with Crippen molar-refractivity contribution in [1.82, 2.24) is 0 Å². The standard InChI is InChI=1S/C30H20Cl2F6N2O7/c1-3-45-27-23(31)21(13-19(25(27)39(41)42)15-5-9-17(10-6-15)29(33,34)35)47-22-14-20(16-7-11-18(12-8-16)30(36,37)38)26(40(43)44)28(24(22)32)46-4-2/h5-14H,3-4H2,1-2H3. The molecule has 4 rings (SSSR count). The third-order valence-corrected chi connectivity index (χ3v) is 7.25. The summed E-state index contributed by atoms with van der Waals surface area (Å²) >= 11 is 13.0. The number of nitro benzene ring substituents is 2. The van der Waals surface area contributed by atoms with Gasteiger partial charge in [0.2, 0.25) is 11.5 Å². The number of hydrogen-bond donors (Lipinski definition) is 0. The highest BCUT2D eigenvalue weighted by Gasteiger charge is 2.35. The number of rotatable bonds is 10. The first-order valence-corrected chi connectivity index (χ1v) is 14.1. The van der Waals surface area contributed by atoms with Crippen molar-refractivity contribution < 1.29 is 50.4 Å². The highest BCUT2D eigenvalue weighted by Crippen LogP contribution is 2.53. The van der Waals surface area contributed by atoms with Crippen LogP contribution in [-0.4, -0.2) is 23.1 Å². The molecule has 0 aromatic heterocycles. The molecular formula is C30H20Cl2F6N2O7. The number of ether oxygens (including phenoxy) is 3. The van der Waals surface area contributed by atoms with Crippen molar-refractivity contribution in [3.63, 3.8) is 0 Å². The first kappa shape index (κ1) is 35.1. The normalized spacial score (nSPS) is 11.7. The van der Waals surface area contributed by atoms with E-state index in [0.29, 0.717) is 24.3 Å². The van der Waals surface area contributed by atoms with E-state index in [9.17, 15) is 46.6 Å². The second-order valence-electron chi connectivity index (χ2n) is 9.46. The fourth-order valence-electron chi connectivity index (χ4n) is 4.50. The Morgan fingerprint density at radius 2 is 0.957 bits per heavy atom. The van der Waals surface area contributed by atoms with Crippen LogP contribution < -0.4 is 14.2 Å². The number of alkyl halides is 6. The molecule has 0 spiro atoms. The molecule has 0 saturated heterocycles. The Bertz CT molecular complexity index is 1700. The van der Waals surface area contributed by atoms with E-state index in [1.54, 1.807) is 0 Å². The summed E-state index contributed by atoms with van der Waals surface area (Å²) in [6, 6.07) is 8.92. The maximum atomic E-state index is 13.2. The Kier molecular flexibility index (Phi) is 10.1. The molecule has 0 aliphatic heterocycles. The summed E-state index contributed by atoms with van der Waals surface area (Å²) in [7, 11) is 0. The first-order chi connectivity index (χ1) is 22.0. The molecule has 0 bridgehead atoms. The molecule has 0 N–H and O–H groups in total. The Hall–Kier alpha value is -4.76. The van der Waals surface area contributed by atoms with E-state index in [0.717, 1.165) is 36.4 Å². The molecule has 0 aliphatic carbocycles. The van der Waals surface area contributed by atoms with Crippen molar-refractivity contribution in [3.8, 4) is 45.3 Å². The average molecular weight is 705 g/mol. The lowest BCUT2D eigenvalue weighted by Crippen LogP contribution is -2.05. The zero-order valence-electron chi connectivity index (χ0n) is 24.0. The number of halogens is 8. The molecule has 4 aromatic carbocycles. The van der Waals surface area contributed by atoms with Gasteiger partial charge in [-0.2, -0.15) is 26.3 Å². The zero-order valence-corrected chi connectivity index (χ0v) is 25.5. The summed E-state index contributed by atoms with van der Waals surface area (Å²) in [6.45, 7) is 2.70. The molecule has 248 valence electrons. The summed E-state index contributed by atoms with van der Waals surface area (Å²) in [5.74, 6) is -1.74. The van der Waals surface area contributed by atoms with Crippen molar-refractivity contribution >= 4 is 34.6 Å². The monoisotopic (exact) mass is 704 g/mol. The smallest absolute Gasteiger partial charge is 0.416 e. The number of nitro groups is 2. The van der Waals surface area contributed by atoms with Crippen molar-refractivity contribution in [2.75, 3.05) is 13.2 Å². The second kappa shape index (κ2) is 13.5. The minimum absolute atomic E-state index is 0.0533. The number of nitrogens with zero attached hydrogens (tertiary/aromatic N) is 2. The van der Waals surface area contributed by atoms with Gasteiger partial charge < -0.3 is 14.2 Å². The fraction of sp³-hybridized carbons (Fsp3) is 0.200. The summed E-state index contributed by atoms with van der Waals surface area (Å²) in [5, 5.41) is 23.4. The maximum Gasteiger partial charge on any atom is 0.416 e.